The number of hydrogen-bond acceptors (Lipinski definition) is 5. The van der Waals surface area contributed by atoms with Crippen molar-refractivity contribution < 1.29 is 9.18 Å². The maximum absolute atomic E-state index is 13.5. The number of nitrogens with zero attached hydrogens (tertiary/aromatic N) is 6. The van der Waals surface area contributed by atoms with Gasteiger partial charge in [0.05, 0.1) is 16.8 Å². The minimum absolute atomic E-state index is 0.207. The van der Waals surface area contributed by atoms with Crippen molar-refractivity contribution in [2.24, 2.45) is 5.92 Å². The van der Waals surface area contributed by atoms with Gasteiger partial charge in [0.25, 0.3) is 0 Å². The molecule has 2 fully saturated rings. The summed E-state index contributed by atoms with van der Waals surface area (Å²) >= 11 is 0. The topological polar surface area (TPSA) is 67.2 Å². The SMILES string of the molecule is CCCc1nc(N2CCN(C(=O)C3CCCCC3)CC2)c2c(C)nn(-c3ccc(F)cc3)c2n1. The van der Waals surface area contributed by atoms with Crippen molar-refractivity contribution in [3.8, 4) is 5.69 Å². The minimum atomic E-state index is -0.278. The van der Waals surface area contributed by atoms with Gasteiger partial charge in [-0.3, -0.25) is 4.79 Å². The second-order valence-electron chi connectivity index (χ2n) is 9.53. The number of rotatable bonds is 5. The Labute approximate surface area is 200 Å². The quantitative estimate of drug-likeness (QED) is 0.558. The summed E-state index contributed by atoms with van der Waals surface area (Å²) in [6.07, 6.45) is 7.39. The Hall–Kier alpha value is -3.03. The standard InChI is InChI=1S/C26H33FN6O/c1-3-7-22-28-24(31-14-16-32(17-15-31)26(34)19-8-5-4-6-9-19)23-18(2)30-33(25(23)29-22)21-12-10-20(27)11-13-21/h10-13,19H,3-9,14-17H2,1-2H3. The predicted octanol–water partition coefficient (Wildman–Crippen LogP) is 4.44. The molecule has 1 saturated carbocycles. The van der Waals surface area contributed by atoms with Crippen molar-refractivity contribution in [1.29, 1.82) is 0 Å². The Balaban J connectivity index is 1.45. The van der Waals surface area contributed by atoms with Crippen LogP contribution in [0.1, 0.15) is 57.0 Å². The van der Waals surface area contributed by atoms with E-state index in [1.54, 1.807) is 16.8 Å². The van der Waals surface area contributed by atoms with Crippen LogP contribution in [0.25, 0.3) is 16.7 Å². The van der Waals surface area contributed by atoms with Crippen LogP contribution in [0.4, 0.5) is 10.2 Å². The number of carbonyl (C=O) groups is 1. The molecular weight excluding hydrogens is 431 g/mol. The Morgan fingerprint density at radius 1 is 1.03 bits per heavy atom. The van der Waals surface area contributed by atoms with Crippen LogP contribution < -0.4 is 4.90 Å². The van der Waals surface area contributed by atoms with Crippen molar-refractivity contribution in [2.45, 2.75) is 58.8 Å². The molecule has 0 unspecified atom stereocenters. The van der Waals surface area contributed by atoms with Crippen molar-refractivity contribution in [3.05, 3.63) is 41.6 Å². The lowest BCUT2D eigenvalue weighted by Gasteiger charge is -2.38. The van der Waals surface area contributed by atoms with Gasteiger partial charge in [-0.05, 0) is 50.5 Å². The zero-order chi connectivity index (χ0) is 23.7. The lowest BCUT2D eigenvalue weighted by Crippen LogP contribution is -2.51. The van der Waals surface area contributed by atoms with Crippen LogP contribution in [-0.4, -0.2) is 56.7 Å². The Morgan fingerprint density at radius 2 is 1.74 bits per heavy atom. The number of carbonyl (C=O) groups excluding carboxylic acids is 1. The van der Waals surface area contributed by atoms with E-state index in [9.17, 15) is 9.18 Å². The smallest absolute Gasteiger partial charge is 0.225 e. The molecule has 8 heteroatoms. The lowest BCUT2D eigenvalue weighted by molar-refractivity contribution is -0.136. The number of fused-ring (bicyclic) bond motifs is 1. The largest absolute Gasteiger partial charge is 0.352 e. The van der Waals surface area contributed by atoms with Gasteiger partial charge in [-0.2, -0.15) is 5.10 Å². The molecule has 0 N–H and O–H groups in total. The van der Waals surface area contributed by atoms with Gasteiger partial charge in [-0.1, -0.05) is 26.2 Å². The van der Waals surface area contributed by atoms with E-state index in [-0.39, 0.29) is 11.7 Å². The first-order valence-corrected chi connectivity index (χ1v) is 12.6. The molecule has 1 aliphatic heterocycles. The summed E-state index contributed by atoms with van der Waals surface area (Å²) in [6, 6.07) is 6.32. The summed E-state index contributed by atoms with van der Waals surface area (Å²) in [5.41, 5.74) is 2.37. The van der Waals surface area contributed by atoms with Gasteiger partial charge in [-0.25, -0.2) is 19.0 Å². The first-order valence-electron chi connectivity index (χ1n) is 12.6. The summed E-state index contributed by atoms with van der Waals surface area (Å²) in [5.74, 6) is 1.94. The fourth-order valence-corrected chi connectivity index (χ4v) is 5.28. The number of hydrogen-bond donors (Lipinski definition) is 0. The molecule has 5 rings (SSSR count). The molecular formula is C26H33FN6O. The van der Waals surface area contributed by atoms with Crippen molar-refractivity contribution in [1.82, 2.24) is 24.6 Å². The minimum Gasteiger partial charge on any atom is -0.352 e. The van der Waals surface area contributed by atoms with Gasteiger partial charge >= 0.3 is 0 Å². The van der Waals surface area contributed by atoms with Gasteiger partial charge in [0.2, 0.25) is 5.91 Å². The maximum Gasteiger partial charge on any atom is 0.225 e. The van der Waals surface area contributed by atoms with E-state index in [2.05, 4.69) is 11.8 Å². The third-order valence-corrected chi connectivity index (χ3v) is 7.12. The lowest BCUT2D eigenvalue weighted by atomic mass is 9.88. The van der Waals surface area contributed by atoms with E-state index in [4.69, 9.17) is 15.1 Å². The van der Waals surface area contributed by atoms with Gasteiger partial charge in [0.1, 0.15) is 17.5 Å². The van der Waals surface area contributed by atoms with Gasteiger partial charge in [-0.15, -0.1) is 0 Å². The Kier molecular flexibility index (Phi) is 6.48. The second-order valence-corrected chi connectivity index (χ2v) is 9.53. The highest BCUT2D eigenvalue weighted by Gasteiger charge is 2.30. The second kappa shape index (κ2) is 9.68. The predicted molar refractivity (Wildman–Crippen MR) is 131 cm³/mol. The molecule has 1 saturated heterocycles. The highest BCUT2D eigenvalue weighted by Crippen LogP contribution is 2.31. The zero-order valence-electron chi connectivity index (χ0n) is 20.1. The van der Waals surface area contributed by atoms with Crippen molar-refractivity contribution in [3.63, 3.8) is 0 Å². The summed E-state index contributed by atoms with van der Waals surface area (Å²) in [7, 11) is 0. The molecule has 34 heavy (non-hydrogen) atoms. The molecule has 0 radical (unpaired) electrons. The number of piperazine rings is 1. The fraction of sp³-hybridized carbons (Fsp3) is 0.538. The number of amides is 1. The van der Waals surface area contributed by atoms with Crippen LogP contribution in [0.15, 0.2) is 24.3 Å². The molecule has 1 amide bonds. The maximum atomic E-state index is 13.5. The summed E-state index contributed by atoms with van der Waals surface area (Å²) in [4.78, 5) is 27.2. The van der Waals surface area contributed by atoms with Crippen LogP contribution in [0, 0.1) is 18.7 Å². The molecule has 1 aliphatic carbocycles. The normalized spacial score (nSPS) is 17.5. The van der Waals surface area contributed by atoms with E-state index in [0.29, 0.717) is 5.91 Å². The van der Waals surface area contributed by atoms with Crippen LogP contribution in [0.2, 0.25) is 0 Å². The number of aryl methyl sites for hydroxylation is 2. The van der Waals surface area contributed by atoms with Crippen LogP contribution in [0.3, 0.4) is 0 Å². The number of anilines is 1. The third kappa shape index (κ3) is 4.38. The summed E-state index contributed by atoms with van der Waals surface area (Å²) in [5, 5.41) is 5.68. The number of benzene rings is 1. The molecule has 2 aromatic heterocycles. The van der Waals surface area contributed by atoms with Gasteiger partial charge in [0.15, 0.2) is 5.65 Å². The molecule has 0 spiro atoms. The van der Waals surface area contributed by atoms with E-state index in [0.717, 1.165) is 85.9 Å². The Morgan fingerprint density at radius 3 is 2.41 bits per heavy atom. The average molecular weight is 465 g/mol. The summed E-state index contributed by atoms with van der Waals surface area (Å²) in [6.45, 7) is 7.02. The van der Waals surface area contributed by atoms with Crippen LogP contribution in [0.5, 0.6) is 0 Å². The first-order chi connectivity index (χ1) is 16.5. The van der Waals surface area contributed by atoms with Crippen LogP contribution in [-0.2, 0) is 11.2 Å². The van der Waals surface area contributed by atoms with E-state index in [1.165, 1.54) is 31.4 Å². The molecule has 3 heterocycles. The number of aromatic nitrogens is 4. The van der Waals surface area contributed by atoms with Crippen molar-refractivity contribution >= 4 is 22.8 Å². The zero-order valence-corrected chi connectivity index (χ0v) is 20.1. The highest BCUT2D eigenvalue weighted by molar-refractivity contribution is 5.91. The summed E-state index contributed by atoms with van der Waals surface area (Å²) < 4.78 is 15.3. The molecule has 1 aromatic carbocycles. The fourth-order valence-electron chi connectivity index (χ4n) is 5.28. The van der Waals surface area contributed by atoms with Crippen molar-refractivity contribution in [2.75, 3.05) is 31.1 Å². The number of halogens is 1. The highest BCUT2D eigenvalue weighted by atomic mass is 19.1. The van der Waals surface area contributed by atoms with Gasteiger partial charge in [0, 0.05) is 38.5 Å². The molecule has 7 nitrogen and oxygen atoms in total. The van der Waals surface area contributed by atoms with E-state index in [1.807, 2.05) is 11.8 Å². The molecule has 0 atom stereocenters. The van der Waals surface area contributed by atoms with Crippen LogP contribution >= 0.6 is 0 Å². The Bertz CT molecular complexity index is 1160. The van der Waals surface area contributed by atoms with Gasteiger partial charge < -0.3 is 9.80 Å². The van der Waals surface area contributed by atoms with E-state index >= 15 is 0 Å². The molecule has 0 bridgehead atoms. The molecule has 180 valence electrons. The third-order valence-electron chi connectivity index (χ3n) is 7.12. The average Bonchev–Trinajstić information content (AvgIpc) is 3.20. The monoisotopic (exact) mass is 464 g/mol. The van der Waals surface area contributed by atoms with E-state index < -0.39 is 0 Å². The first kappa shape index (κ1) is 22.7. The molecule has 3 aromatic rings. The molecule has 2 aliphatic rings.